The van der Waals surface area contributed by atoms with Crippen LogP contribution in [0, 0.1) is 37.3 Å². The zero-order valence-electron chi connectivity index (χ0n) is 17.6. The number of halogens is 2. The van der Waals surface area contributed by atoms with E-state index in [1.54, 1.807) is 0 Å². The average Bonchev–Trinajstić information content (AvgIpc) is 3.09. The first-order chi connectivity index (χ1) is 14.4. The zero-order chi connectivity index (χ0) is 21.4. The number of nitrogens with zero attached hydrogens (tertiary/aromatic N) is 2. The predicted molar refractivity (Wildman–Crippen MR) is 109 cm³/mol. The Bertz CT molecular complexity index is 924. The molecule has 0 bridgehead atoms. The second kappa shape index (κ2) is 8.47. The maximum atomic E-state index is 14.4. The molecule has 5 nitrogen and oxygen atoms in total. The number of aliphatic hydroxyl groups is 1. The van der Waals surface area contributed by atoms with Crippen LogP contribution in [-0.4, -0.2) is 47.4 Å². The van der Waals surface area contributed by atoms with Gasteiger partial charge in [0.1, 0.15) is 17.6 Å². The van der Waals surface area contributed by atoms with Crippen molar-refractivity contribution in [3.8, 4) is 11.5 Å². The van der Waals surface area contributed by atoms with Crippen LogP contribution in [0.15, 0.2) is 24.3 Å². The van der Waals surface area contributed by atoms with Gasteiger partial charge in [-0.3, -0.25) is 9.88 Å². The molecule has 2 heterocycles. The van der Waals surface area contributed by atoms with Gasteiger partial charge in [-0.25, -0.2) is 8.78 Å². The predicted octanol–water partition coefficient (Wildman–Crippen LogP) is 3.64. The fourth-order valence-electron chi connectivity index (χ4n) is 4.84. The minimum atomic E-state index is -0.867. The van der Waals surface area contributed by atoms with E-state index in [0.717, 1.165) is 37.0 Å². The molecule has 4 rings (SSSR count). The summed E-state index contributed by atoms with van der Waals surface area (Å²) < 4.78 is 39.4. The smallest absolute Gasteiger partial charge is 0.167 e. The van der Waals surface area contributed by atoms with Gasteiger partial charge in [-0.05, 0) is 62.8 Å². The summed E-state index contributed by atoms with van der Waals surface area (Å²) >= 11 is 0. The molecular weight excluding hydrogens is 390 g/mol. The molecule has 7 heteroatoms. The lowest BCUT2D eigenvalue weighted by Gasteiger charge is -2.35. The van der Waals surface area contributed by atoms with Crippen molar-refractivity contribution in [3.05, 3.63) is 52.9 Å². The molecule has 30 heavy (non-hydrogen) atoms. The lowest BCUT2D eigenvalue weighted by molar-refractivity contribution is -0.0236. The number of pyridine rings is 1. The van der Waals surface area contributed by atoms with Crippen LogP contribution in [0.5, 0.6) is 11.5 Å². The van der Waals surface area contributed by atoms with E-state index in [-0.39, 0.29) is 18.2 Å². The number of ether oxygens (including phenoxy) is 2. The van der Waals surface area contributed by atoms with Crippen molar-refractivity contribution < 1.29 is 23.4 Å². The Morgan fingerprint density at radius 3 is 2.47 bits per heavy atom. The number of benzene rings is 1. The summed E-state index contributed by atoms with van der Waals surface area (Å²) in [6, 6.07) is 6.35. The number of methoxy groups -OCH3 is 1. The van der Waals surface area contributed by atoms with Gasteiger partial charge in [-0.1, -0.05) is 0 Å². The van der Waals surface area contributed by atoms with Crippen LogP contribution in [0.25, 0.3) is 0 Å². The van der Waals surface area contributed by atoms with Crippen LogP contribution < -0.4 is 9.47 Å². The number of fused-ring (bicyclic) bond motifs is 1. The minimum Gasteiger partial charge on any atom is -0.496 e. The molecule has 2 fully saturated rings. The van der Waals surface area contributed by atoms with Crippen molar-refractivity contribution in [1.82, 2.24) is 9.88 Å². The molecule has 4 atom stereocenters. The maximum Gasteiger partial charge on any atom is 0.167 e. The summed E-state index contributed by atoms with van der Waals surface area (Å²) in [6.45, 7) is 5.60. The summed E-state index contributed by atoms with van der Waals surface area (Å²) in [7, 11) is 1.46. The number of aliphatic hydroxyl groups excluding tert-OH is 1. The molecule has 0 spiro atoms. The van der Waals surface area contributed by atoms with E-state index in [9.17, 15) is 13.9 Å². The molecule has 1 N–H and O–H groups in total. The quantitative estimate of drug-likeness (QED) is 0.804. The molecule has 1 saturated heterocycles. The highest BCUT2D eigenvalue weighted by atomic mass is 19.2. The Balaban J connectivity index is 1.44. The van der Waals surface area contributed by atoms with Crippen molar-refractivity contribution in [2.45, 2.75) is 45.4 Å². The fraction of sp³-hybridized carbons (Fsp3) is 0.522. The molecule has 0 radical (unpaired) electrons. The minimum absolute atomic E-state index is 0.242. The Labute approximate surface area is 175 Å². The number of aromatic nitrogens is 1. The maximum absolute atomic E-state index is 14.4. The highest BCUT2D eigenvalue weighted by molar-refractivity contribution is 5.35. The first-order valence-corrected chi connectivity index (χ1v) is 10.4. The molecule has 1 aliphatic heterocycles. The van der Waals surface area contributed by atoms with E-state index in [1.807, 2.05) is 26.0 Å². The molecular formula is C23H28F2N2O3. The van der Waals surface area contributed by atoms with Crippen molar-refractivity contribution in [2.75, 3.05) is 20.2 Å². The van der Waals surface area contributed by atoms with Gasteiger partial charge in [0.15, 0.2) is 11.6 Å². The van der Waals surface area contributed by atoms with Crippen molar-refractivity contribution >= 4 is 0 Å². The van der Waals surface area contributed by atoms with Gasteiger partial charge in [0.25, 0.3) is 0 Å². The Morgan fingerprint density at radius 1 is 1.07 bits per heavy atom. The number of hydrogen-bond acceptors (Lipinski definition) is 5. The van der Waals surface area contributed by atoms with E-state index in [1.165, 1.54) is 13.2 Å². The molecule has 0 amide bonds. The highest BCUT2D eigenvalue weighted by Crippen LogP contribution is 2.39. The molecule has 162 valence electrons. The highest BCUT2D eigenvalue weighted by Gasteiger charge is 2.43. The summed E-state index contributed by atoms with van der Waals surface area (Å²) in [5.74, 6) is -0.0301. The fourth-order valence-corrected chi connectivity index (χ4v) is 4.84. The molecule has 0 unspecified atom stereocenters. The summed E-state index contributed by atoms with van der Waals surface area (Å²) in [6.07, 6.45) is 0.493. The third-order valence-electron chi connectivity index (χ3n) is 6.37. The van der Waals surface area contributed by atoms with Crippen molar-refractivity contribution in [1.29, 1.82) is 0 Å². The van der Waals surface area contributed by atoms with Gasteiger partial charge in [-0.2, -0.15) is 0 Å². The number of rotatable bonds is 5. The van der Waals surface area contributed by atoms with Crippen molar-refractivity contribution in [2.24, 2.45) is 11.8 Å². The lowest BCUT2D eigenvalue weighted by atomic mass is 9.78. The molecule has 1 saturated carbocycles. The molecule has 1 aliphatic carbocycles. The van der Waals surface area contributed by atoms with Crippen LogP contribution in [0.1, 0.15) is 29.8 Å². The molecule has 2 aromatic rings. The monoisotopic (exact) mass is 418 g/mol. The van der Waals surface area contributed by atoms with Crippen LogP contribution >= 0.6 is 0 Å². The zero-order valence-corrected chi connectivity index (χ0v) is 17.6. The van der Waals surface area contributed by atoms with Gasteiger partial charge in [0, 0.05) is 30.9 Å². The van der Waals surface area contributed by atoms with Crippen LogP contribution in [-0.2, 0) is 6.54 Å². The summed E-state index contributed by atoms with van der Waals surface area (Å²) in [5.41, 5.74) is 1.98. The Kier molecular flexibility index (Phi) is 5.93. The standard InChI is InChI=1S/C23H28F2N2O3/c1-13-4-6-20(14(2)26-13)30-22-9-16-11-27(10-15(16)8-19(22)28)12-17-21(29-3)7-5-18(24)23(17)25/h4-7,15-16,19,22,28H,8-12H2,1-3H3/t15-,16+,19+,22+/m0/s1. The van der Waals surface area contributed by atoms with Gasteiger partial charge in [0.05, 0.1) is 18.9 Å². The molecule has 2 aliphatic rings. The van der Waals surface area contributed by atoms with Gasteiger partial charge in [-0.15, -0.1) is 0 Å². The Morgan fingerprint density at radius 2 is 1.77 bits per heavy atom. The number of hydrogen-bond donors (Lipinski definition) is 1. The third-order valence-corrected chi connectivity index (χ3v) is 6.37. The van der Waals surface area contributed by atoms with Gasteiger partial charge >= 0.3 is 0 Å². The van der Waals surface area contributed by atoms with E-state index < -0.39 is 17.7 Å². The van der Waals surface area contributed by atoms with Crippen LogP contribution in [0.3, 0.4) is 0 Å². The first-order valence-electron chi connectivity index (χ1n) is 10.4. The topological polar surface area (TPSA) is 54.8 Å². The van der Waals surface area contributed by atoms with E-state index >= 15 is 0 Å². The lowest BCUT2D eigenvalue weighted by Crippen LogP contribution is -2.42. The molecule has 1 aromatic heterocycles. The van der Waals surface area contributed by atoms with E-state index in [0.29, 0.717) is 29.8 Å². The van der Waals surface area contributed by atoms with E-state index in [2.05, 4.69) is 9.88 Å². The molecule has 1 aromatic carbocycles. The van der Waals surface area contributed by atoms with Crippen molar-refractivity contribution in [3.63, 3.8) is 0 Å². The summed E-state index contributed by atoms with van der Waals surface area (Å²) in [4.78, 5) is 6.54. The van der Waals surface area contributed by atoms with E-state index in [4.69, 9.17) is 9.47 Å². The van der Waals surface area contributed by atoms with Gasteiger partial charge < -0.3 is 14.6 Å². The largest absolute Gasteiger partial charge is 0.496 e. The number of likely N-dealkylation sites (tertiary alicyclic amines) is 1. The second-order valence-electron chi connectivity index (χ2n) is 8.49. The van der Waals surface area contributed by atoms with Crippen LogP contribution in [0.2, 0.25) is 0 Å². The third kappa shape index (κ3) is 4.14. The summed E-state index contributed by atoms with van der Waals surface area (Å²) in [5, 5.41) is 10.7. The first kappa shape index (κ1) is 21.0. The normalized spacial score (nSPS) is 26.5. The second-order valence-corrected chi connectivity index (χ2v) is 8.49. The van der Waals surface area contributed by atoms with Crippen LogP contribution in [0.4, 0.5) is 8.78 Å². The average molecular weight is 418 g/mol. The Hall–Kier alpha value is -2.25. The SMILES string of the molecule is COc1ccc(F)c(F)c1CN1C[C@H]2C[C@@H](Oc3ccc(C)nc3C)[C@H](O)C[C@H]2C1. The van der Waals surface area contributed by atoms with Gasteiger partial charge in [0.2, 0.25) is 0 Å². The number of aryl methyl sites for hydroxylation is 2.